The maximum Gasteiger partial charge on any atom is 0.218 e. The summed E-state index contributed by atoms with van der Waals surface area (Å²) in [5.41, 5.74) is 5.84. The van der Waals surface area contributed by atoms with E-state index in [1.165, 1.54) is 0 Å². The maximum atomic E-state index is 6.03. The third-order valence-electron chi connectivity index (χ3n) is 7.75. The zero-order chi connectivity index (χ0) is 31.4. The summed E-state index contributed by atoms with van der Waals surface area (Å²) in [4.78, 5) is 28.4. The smallest absolute Gasteiger partial charge is 0.218 e. The Labute approximate surface area is 263 Å². The van der Waals surface area contributed by atoms with Crippen molar-refractivity contribution < 1.29 is 14.2 Å². The summed E-state index contributed by atoms with van der Waals surface area (Å²) in [5, 5.41) is 0. The van der Waals surface area contributed by atoms with E-state index in [0.29, 0.717) is 48.8 Å². The highest BCUT2D eigenvalue weighted by atomic mass is 16.5. The van der Waals surface area contributed by atoms with Crippen LogP contribution in [0.3, 0.4) is 0 Å². The lowest BCUT2D eigenvalue weighted by atomic mass is 10.1. The van der Waals surface area contributed by atoms with Crippen LogP contribution in [0.1, 0.15) is 58.2 Å². The molecule has 0 spiro atoms. The van der Waals surface area contributed by atoms with Crippen LogP contribution in [0, 0.1) is 0 Å². The topological polar surface area (TPSA) is 103 Å². The molecule has 4 aromatic rings. The van der Waals surface area contributed by atoms with Crippen LogP contribution in [-0.2, 0) is 14.2 Å². The van der Waals surface area contributed by atoms with Crippen molar-refractivity contribution in [1.29, 1.82) is 0 Å². The van der Waals surface area contributed by atoms with E-state index >= 15 is 0 Å². The lowest BCUT2D eigenvalue weighted by molar-refractivity contribution is 0.131. The first kappa shape index (κ1) is 28.8. The van der Waals surface area contributed by atoms with Crippen LogP contribution in [0.15, 0.2) is 87.9 Å². The lowest BCUT2D eigenvalue weighted by Crippen LogP contribution is -2.24. The molecule has 0 fully saturated rings. The van der Waals surface area contributed by atoms with Crippen molar-refractivity contribution in [3.05, 3.63) is 89.6 Å². The number of aliphatic imine (C=N–C) groups is 3. The van der Waals surface area contributed by atoms with E-state index in [1.807, 2.05) is 108 Å². The third-order valence-corrected chi connectivity index (χ3v) is 7.75. The van der Waals surface area contributed by atoms with Crippen LogP contribution in [0.4, 0.5) is 0 Å². The fraction of sp³-hybridized carbons (Fsp3) is 0.333. The Kier molecular flexibility index (Phi) is 6.80. The van der Waals surface area contributed by atoms with Gasteiger partial charge in [0.25, 0.3) is 0 Å². The van der Waals surface area contributed by atoms with Crippen molar-refractivity contribution in [3.8, 4) is 34.0 Å². The lowest BCUT2D eigenvalue weighted by Gasteiger charge is -2.17. The Morgan fingerprint density at radius 2 is 0.889 bits per heavy atom. The molecule has 0 aliphatic carbocycles. The molecule has 45 heavy (non-hydrogen) atoms. The van der Waals surface area contributed by atoms with Crippen molar-refractivity contribution in [2.24, 2.45) is 15.0 Å². The Balaban J connectivity index is 1.23. The average molecular weight is 601 g/mol. The summed E-state index contributed by atoms with van der Waals surface area (Å²) in [7, 11) is 0. The van der Waals surface area contributed by atoms with Gasteiger partial charge >= 0.3 is 0 Å². The van der Waals surface area contributed by atoms with Crippen molar-refractivity contribution in [2.75, 3.05) is 19.6 Å². The van der Waals surface area contributed by atoms with E-state index in [2.05, 4.69) is 15.0 Å². The SMILES string of the molecule is CC1(C)CN=C(c2ccc(-c3cc(-c4ccc(C5=NCC(C)(C)O5)cn4)nc(-c4ccc(C5=NCC(C)(C)O5)cc4)n3)cc2)O1. The second-order valence-electron chi connectivity index (χ2n) is 13.5. The zero-order valence-electron chi connectivity index (χ0n) is 26.5. The van der Waals surface area contributed by atoms with E-state index in [4.69, 9.17) is 29.2 Å². The van der Waals surface area contributed by atoms with E-state index < -0.39 is 0 Å². The molecule has 0 amide bonds. The third kappa shape index (κ3) is 6.07. The minimum atomic E-state index is -0.311. The average Bonchev–Trinajstić information content (AvgIpc) is 3.71. The number of hydrogen-bond acceptors (Lipinski definition) is 9. The Morgan fingerprint density at radius 3 is 1.33 bits per heavy atom. The Morgan fingerprint density at radius 1 is 0.467 bits per heavy atom. The number of hydrogen-bond donors (Lipinski definition) is 0. The van der Waals surface area contributed by atoms with Gasteiger partial charge < -0.3 is 14.2 Å². The van der Waals surface area contributed by atoms with Gasteiger partial charge in [0.1, 0.15) is 16.8 Å². The molecular formula is C36H36N6O3. The standard InChI is InChI=1S/C36H36N6O3/c1-34(2)19-38-31(43-34)24-11-7-22(8-12-24)28-17-29(27-16-15-26(18-37-27)33-40-21-36(5,6)45-33)42-30(41-28)23-9-13-25(14-10-23)32-39-20-35(3,4)44-32/h7-18H,19-21H2,1-6H3. The minimum Gasteiger partial charge on any atom is -0.469 e. The van der Waals surface area contributed by atoms with E-state index in [1.54, 1.807) is 6.20 Å². The summed E-state index contributed by atoms with van der Waals surface area (Å²) < 4.78 is 18.1. The first-order valence-corrected chi connectivity index (χ1v) is 15.2. The highest BCUT2D eigenvalue weighted by Crippen LogP contribution is 2.30. The van der Waals surface area contributed by atoms with Crippen LogP contribution >= 0.6 is 0 Å². The summed E-state index contributed by atoms with van der Waals surface area (Å²) in [5.74, 6) is 2.53. The number of aromatic nitrogens is 3. The quantitative estimate of drug-likeness (QED) is 0.249. The van der Waals surface area contributed by atoms with Gasteiger partial charge in [-0.25, -0.2) is 24.9 Å². The van der Waals surface area contributed by atoms with Gasteiger partial charge in [-0.05, 0) is 84.0 Å². The molecule has 3 aliphatic heterocycles. The number of nitrogens with zero attached hydrogens (tertiary/aromatic N) is 6. The van der Waals surface area contributed by atoms with E-state index in [-0.39, 0.29) is 16.8 Å². The molecule has 0 saturated heterocycles. The molecule has 2 aromatic carbocycles. The molecule has 2 aromatic heterocycles. The van der Waals surface area contributed by atoms with E-state index in [9.17, 15) is 0 Å². The monoisotopic (exact) mass is 600 g/mol. The van der Waals surface area contributed by atoms with Crippen LogP contribution in [0.25, 0.3) is 34.0 Å². The fourth-order valence-corrected chi connectivity index (χ4v) is 5.29. The van der Waals surface area contributed by atoms with Gasteiger partial charge in [-0.2, -0.15) is 0 Å². The highest BCUT2D eigenvalue weighted by Gasteiger charge is 2.30. The first-order chi connectivity index (χ1) is 21.4. The highest BCUT2D eigenvalue weighted by molar-refractivity contribution is 5.97. The summed E-state index contributed by atoms with van der Waals surface area (Å²) >= 11 is 0. The Bertz CT molecular complexity index is 1620. The second-order valence-corrected chi connectivity index (χ2v) is 13.5. The second kappa shape index (κ2) is 10.6. The molecule has 228 valence electrons. The van der Waals surface area contributed by atoms with Gasteiger partial charge in [0, 0.05) is 28.5 Å². The predicted molar refractivity (Wildman–Crippen MR) is 176 cm³/mol. The van der Waals surface area contributed by atoms with Crippen molar-refractivity contribution >= 4 is 17.7 Å². The molecule has 9 nitrogen and oxygen atoms in total. The van der Waals surface area contributed by atoms with Crippen LogP contribution in [0.2, 0.25) is 0 Å². The molecule has 0 saturated carbocycles. The van der Waals surface area contributed by atoms with Gasteiger partial charge in [0.2, 0.25) is 17.7 Å². The molecule has 0 radical (unpaired) electrons. The fourth-order valence-electron chi connectivity index (χ4n) is 5.29. The van der Waals surface area contributed by atoms with Gasteiger partial charge in [0.15, 0.2) is 5.82 Å². The maximum absolute atomic E-state index is 6.03. The molecule has 3 aliphatic rings. The molecule has 0 N–H and O–H groups in total. The van der Waals surface area contributed by atoms with Gasteiger partial charge in [0.05, 0.1) is 42.3 Å². The van der Waals surface area contributed by atoms with Gasteiger partial charge in [-0.15, -0.1) is 0 Å². The number of ether oxygens (including phenoxy) is 3. The van der Waals surface area contributed by atoms with Crippen molar-refractivity contribution in [1.82, 2.24) is 15.0 Å². The summed E-state index contributed by atoms with van der Waals surface area (Å²) in [6.07, 6.45) is 1.79. The zero-order valence-corrected chi connectivity index (χ0v) is 26.5. The summed E-state index contributed by atoms with van der Waals surface area (Å²) in [6.45, 7) is 14.1. The molecule has 0 unspecified atom stereocenters. The molecular weight excluding hydrogens is 564 g/mol. The normalized spacial score (nSPS) is 19.2. The Hall–Kier alpha value is -4.92. The summed E-state index contributed by atoms with van der Waals surface area (Å²) in [6, 6.07) is 22.0. The van der Waals surface area contributed by atoms with Crippen LogP contribution in [-0.4, -0.2) is 69.1 Å². The van der Waals surface area contributed by atoms with Crippen LogP contribution < -0.4 is 0 Å². The van der Waals surface area contributed by atoms with Crippen molar-refractivity contribution in [3.63, 3.8) is 0 Å². The molecule has 5 heterocycles. The number of pyridine rings is 1. The first-order valence-electron chi connectivity index (χ1n) is 15.2. The molecule has 0 bridgehead atoms. The predicted octanol–water partition coefficient (Wildman–Crippen LogP) is 6.54. The van der Waals surface area contributed by atoms with Crippen LogP contribution in [0.5, 0.6) is 0 Å². The molecule has 7 rings (SSSR count). The molecule has 9 heteroatoms. The van der Waals surface area contributed by atoms with E-state index in [0.717, 1.165) is 39.2 Å². The number of rotatable bonds is 6. The van der Waals surface area contributed by atoms with Gasteiger partial charge in [-0.3, -0.25) is 4.98 Å². The largest absolute Gasteiger partial charge is 0.469 e. The number of benzene rings is 2. The van der Waals surface area contributed by atoms with Gasteiger partial charge in [-0.1, -0.05) is 24.3 Å². The minimum absolute atomic E-state index is 0.290. The molecule has 0 atom stereocenters. The van der Waals surface area contributed by atoms with Crippen molar-refractivity contribution in [2.45, 2.75) is 58.3 Å².